The van der Waals surface area contributed by atoms with Gasteiger partial charge in [-0.2, -0.15) is 10.2 Å². The molecule has 0 radical (unpaired) electrons. The van der Waals surface area contributed by atoms with Crippen molar-refractivity contribution in [3.05, 3.63) is 0 Å². The molecule has 16 heavy (non-hydrogen) atoms. The second-order valence-corrected chi connectivity index (χ2v) is 3.58. The monoisotopic (exact) mass is 241 g/mol. The highest BCUT2D eigenvalue weighted by Crippen LogP contribution is 2.06. The Morgan fingerprint density at radius 2 is 2.56 bits per heavy atom. The third-order valence-electron chi connectivity index (χ3n) is 1.40. The second kappa shape index (κ2) is 6.68. The fourth-order valence-electron chi connectivity index (χ4n) is 0.853. The zero-order valence-corrected chi connectivity index (χ0v) is 9.50. The fraction of sp³-hybridized carbons (Fsp3) is 0.500. The number of hydrogen-bond acceptors (Lipinski definition) is 6. The number of anilines is 1. The Morgan fingerprint density at radius 1 is 1.75 bits per heavy atom. The van der Waals surface area contributed by atoms with E-state index in [0.717, 1.165) is 0 Å². The standard InChI is InChI=1S/C8H11N5O2S/c1-2-15-8-11-7(12-13-8)10-6(14)5-16-4-3-9/h2,4-5H2,1H3,(H2,10,11,12,13,14). The van der Waals surface area contributed by atoms with Crippen molar-refractivity contribution in [2.24, 2.45) is 0 Å². The lowest BCUT2D eigenvalue weighted by atomic mass is 10.7. The summed E-state index contributed by atoms with van der Waals surface area (Å²) in [6, 6.07) is 2.13. The van der Waals surface area contributed by atoms with Crippen molar-refractivity contribution in [1.82, 2.24) is 15.2 Å². The Bertz CT molecular complexity index is 386. The van der Waals surface area contributed by atoms with E-state index in [1.165, 1.54) is 11.8 Å². The molecule has 8 heteroatoms. The van der Waals surface area contributed by atoms with Crippen LogP contribution in [0.4, 0.5) is 5.95 Å². The maximum atomic E-state index is 11.3. The van der Waals surface area contributed by atoms with E-state index in [1.54, 1.807) is 0 Å². The van der Waals surface area contributed by atoms with Gasteiger partial charge >= 0.3 is 6.01 Å². The Balaban J connectivity index is 2.35. The minimum atomic E-state index is -0.237. The van der Waals surface area contributed by atoms with Gasteiger partial charge in [-0.25, -0.2) is 5.10 Å². The number of thioether (sulfide) groups is 1. The molecule has 2 N–H and O–H groups in total. The number of nitrogens with zero attached hydrogens (tertiary/aromatic N) is 3. The molecule has 1 aromatic heterocycles. The number of amides is 1. The van der Waals surface area contributed by atoms with Gasteiger partial charge in [0.15, 0.2) is 0 Å². The quantitative estimate of drug-likeness (QED) is 0.698. The van der Waals surface area contributed by atoms with Crippen molar-refractivity contribution in [3.8, 4) is 12.1 Å². The van der Waals surface area contributed by atoms with Gasteiger partial charge in [-0.1, -0.05) is 0 Å². The first-order valence-electron chi connectivity index (χ1n) is 4.56. The molecule has 1 amide bonds. The summed E-state index contributed by atoms with van der Waals surface area (Å²) in [7, 11) is 0. The Hall–Kier alpha value is -1.75. The van der Waals surface area contributed by atoms with Crippen LogP contribution in [0.3, 0.4) is 0 Å². The number of H-pyrrole nitrogens is 1. The largest absolute Gasteiger partial charge is 0.463 e. The van der Waals surface area contributed by atoms with Crippen LogP contribution in [0, 0.1) is 11.3 Å². The Kier molecular flexibility index (Phi) is 5.15. The van der Waals surface area contributed by atoms with E-state index < -0.39 is 0 Å². The second-order valence-electron chi connectivity index (χ2n) is 2.60. The number of rotatable bonds is 6. The maximum absolute atomic E-state index is 11.3. The summed E-state index contributed by atoms with van der Waals surface area (Å²) in [5.74, 6) is 0.497. The number of aromatic nitrogens is 3. The fourth-order valence-corrected chi connectivity index (χ4v) is 1.30. The normalized spacial score (nSPS) is 9.50. The van der Waals surface area contributed by atoms with Crippen LogP contribution in [0.25, 0.3) is 0 Å². The molecule has 0 saturated carbocycles. The van der Waals surface area contributed by atoms with E-state index in [4.69, 9.17) is 10.00 Å². The lowest BCUT2D eigenvalue weighted by molar-refractivity contribution is -0.113. The predicted molar refractivity (Wildman–Crippen MR) is 59.1 cm³/mol. The number of nitriles is 1. The highest BCUT2D eigenvalue weighted by atomic mass is 32.2. The van der Waals surface area contributed by atoms with Crippen molar-refractivity contribution >= 4 is 23.6 Å². The zero-order chi connectivity index (χ0) is 11.8. The van der Waals surface area contributed by atoms with Crippen LogP contribution >= 0.6 is 11.8 Å². The molecule has 7 nitrogen and oxygen atoms in total. The molecule has 86 valence electrons. The smallest absolute Gasteiger partial charge is 0.337 e. The SMILES string of the molecule is CCOc1n[nH]c(NC(=O)CSCC#N)n1. The minimum Gasteiger partial charge on any atom is -0.463 e. The summed E-state index contributed by atoms with van der Waals surface area (Å²) in [6.45, 7) is 2.27. The van der Waals surface area contributed by atoms with Crippen molar-refractivity contribution < 1.29 is 9.53 Å². The summed E-state index contributed by atoms with van der Waals surface area (Å²) in [6.07, 6.45) is 0. The number of aromatic amines is 1. The average Bonchev–Trinajstić information content (AvgIpc) is 2.66. The molecule has 0 atom stereocenters. The van der Waals surface area contributed by atoms with E-state index in [0.29, 0.717) is 6.61 Å². The summed E-state index contributed by atoms with van der Waals surface area (Å²) >= 11 is 1.23. The molecule has 1 heterocycles. The van der Waals surface area contributed by atoms with Gasteiger partial charge in [-0.15, -0.1) is 16.9 Å². The van der Waals surface area contributed by atoms with E-state index in [9.17, 15) is 4.79 Å². The molecule has 0 bridgehead atoms. The summed E-state index contributed by atoms with van der Waals surface area (Å²) in [5, 5.41) is 17.0. The van der Waals surface area contributed by atoms with Gasteiger partial charge in [0.25, 0.3) is 0 Å². The van der Waals surface area contributed by atoms with Crippen LogP contribution in [0.5, 0.6) is 6.01 Å². The van der Waals surface area contributed by atoms with Gasteiger partial charge in [0.05, 0.1) is 24.2 Å². The van der Waals surface area contributed by atoms with Gasteiger partial charge in [-0.3, -0.25) is 10.1 Å². The van der Waals surface area contributed by atoms with E-state index in [2.05, 4.69) is 20.5 Å². The first kappa shape index (κ1) is 12.3. The van der Waals surface area contributed by atoms with E-state index >= 15 is 0 Å². The van der Waals surface area contributed by atoms with Crippen molar-refractivity contribution in [2.45, 2.75) is 6.92 Å². The van der Waals surface area contributed by atoms with Gasteiger partial charge in [-0.05, 0) is 6.92 Å². The molecule has 0 saturated heterocycles. The Morgan fingerprint density at radius 3 is 3.25 bits per heavy atom. The Labute approximate surface area is 96.6 Å². The summed E-state index contributed by atoms with van der Waals surface area (Å²) in [5.41, 5.74) is 0. The van der Waals surface area contributed by atoms with Crippen LogP contribution in [0.15, 0.2) is 0 Å². The molecule has 0 aromatic carbocycles. The molecule has 1 rings (SSSR count). The van der Waals surface area contributed by atoms with Crippen molar-refractivity contribution in [2.75, 3.05) is 23.4 Å². The average molecular weight is 241 g/mol. The first-order valence-corrected chi connectivity index (χ1v) is 5.71. The predicted octanol–water partition coefficient (Wildman–Crippen LogP) is 0.399. The molecular formula is C8H11N5O2S. The maximum Gasteiger partial charge on any atom is 0.337 e. The van der Waals surface area contributed by atoms with Gasteiger partial charge in [0, 0.05) is 0 Å². The van der Waals surface area contributed by atoms with Gasteiger partial charge < -0.3 is 4.74 Å². The summed E-state index contributed by atoms with van der Waals surface area (Å²) < 4.78 is 5.01. The lowest BCUT2D eigenvalue weighted by Gasteiger charge is -1.98. The van der Waals surface area contributed by atoms with Crippen LogP contribution in [-0.2, 0) is 4.79 Å². The first-order chi connectivity index (χ1) is 7.76. The number of carbonyl (C=O) groups excluding carboxylic acids is 1. The molecule has 0 aliphatic heterocycles. The molecule has 0 spiro atoms. The molecule has 0 aliphatic carbocycles. The molecule has 0 unspecified atom stereocenters. The van der Waals surface area contributed by atoms with Gasteiger partial charge in [0.2, 0.25) is 11.9 Å². The van der Waals surface area contributed by atoms with Crippen LogP contribution in [0.2, 0.25) is 0 Å². The molecule has 1 aromatic rings. The molecular weight excluding hydrogens is 230 g/mol. The van der Waals surface area contributed by atoms with Crippen molar-refractivity contribution in [3.63, 3.8) is 0 Å². The summed E-state index contributed by atoms with van der Waals surface area (Å²) in [4.78, 5) is 15.2. The van der Waals surface area contributed by atoms with Gasteiger partial charge in [0.1, 0.15) is 0 Å². The molecule has 0 fully saturated rings. The number of hydrogen-bond donors (Lipinski definition) is 2. The number of nitrogens with one attached hydrogen (secondary N) is 2. The van der Waals surface area contributed by atoms with Crippen LogP contribution < -0.4 is 10.1 Å². The zero-order valence-electron chi connectivity index (χ0n) is 8.69. The number of carbonyl (C=O) groups is 1. The van der Waals surface area contributed by atoms with E-state index in [1.807, 2.05) is 13.0 Å². The minimum absolute atomic E-state index is 0.197. The molecule has 0 aliphatic rings. The highest BCUT2D eigenvalue weighted by Gasteiger charge is 2.07. The van der Waals surface area contributed by atoms with Crippen molar-refractivity contribution in [1.29, 1.82) is 5.26 Å². The van der Waals surface area contributed by atoms with Crippen LogP contribution in [-0.4, -0.2) is 39.2 Å². The lowest BCUT2D eigenvalue weighted by Crippen LogP contribution is -2.15. The third kappa shape index (κ3) is 4.18. The highest BCUT2D eigenvalue weighted by molar-refractivity contribution is 8.00. The number of ether oxygens (including phenoxy) is 1. The third-order valence-corrected chi connectivity index (χ3v) is 2.20. The van der Waals surface area contributed by atoms with E-state index in [-0.39, 0.29) is 29.4 Å². The van der Waals surface area contributed by atoms with Crippen LogP contribution in [0.1, 0.15) is 6.92 Å². The topological polar surface area (TPSA) is 104 Å².